The van der Waals surface area contributed by atoms with Crippen molar-refractivity contribution in [1.82, 2.24) is 15.1 Å². The molecule has 3 nitrogen and oxygen atoms in total. The molecule has 1 aromatic carbocycles. The van der Waals surface area contributed by atoms with Crippen LogP contribution in [0.1, 0.15) is 17.5 Å². The van der Waals surface area contributed by atoms with Crippen molar-refractivity contribution in [3.8, 4) is 0 Å². The Morgan fingerprint density at radius 3 is 2.54 bits per heavy atom. The fraction of sp³-hybridized carbons (Fsp3) is 0.625. The van der Waals surface area contributed by atoms with E-state index in [2.05, 4.69) is 31.0 Å². The van der Waals surface area contributed by atoms with Crippen LogP contribution in [0, 0.1) is 0 Å². The third-order valence-electron chi connectivity index (χ3n) is 4.69. The molecule has 2 aliphatic rings. The Hall–Kier alpha value is -0.340. The highest BCUT2D eigenvalue weighted by Crippen LogP contribution is 2.35. The van der Waals surface area contributed by atoms with Crippen LogP contribution >= 0.6 is 28.3 Å². The molecule has 3 rings (SSSR count). The highest BCUT2D eigenvalue weighted by Gasteiger charge is 2.35. The lowest BCUT2D eigenvalue weighted by atomic mass is 10.1. The van der Waals surface area contributed by atoms with E-state index in [9.17, 15) is 13.2 Å². The minimum absolute atomic E-state index is 0. The largest absolute Gasteiger partial charge is 0.416 e. The van der Waals surface area contributed by atoms with Gasteiger partial charge in [0.1, 0.15) is 0 Å². The van der Waals surface area contributed by atoms with Crippen molar-refractivity contribution in [3.05, 3.63) is 33.8 Å². The molecule has 2 fully saturated rings. The summed E-state index contributed by atoms with van der Waals surface area (Å²) in [5.74, 6) is 0. The fourth-order valence-corrected chi connectivity index (χ4v) is 3.85. The van der Waals surface area contributed by atoms with Gasteiger partial charge in [0.25, 0.3) is 0 Å². The van der Waals surface area contributed by atoms with Crippen LogP contribution in [0.25, 0.3) is 0 Å². The van der Waals surface area contributed by atoms with Crippen molar-refractivity contribution in [1.29, 1.82) is 0 Å². The Kier molecular flexibility index (Phi) is 6.96. The van der Waals surface area contributed by atoms with Crippen LogP contribution in [0.2, 0.25) is 0 Å². The second kappa shape index (κ2) is 8.36. The number of piperazine rings is 1. The number of hydrogen-bond acceptors (Lipinski definition) is 3. The lowest BCUT2D eigenvalue weighted by molar-refractivity contribution is -0.138. The number of halogens is 5. The van der Waals surface area contributed by atoms with Crippen molar-refractivity contribution in [2.75, 3.05) is 39.3 Å². The maximum Gasteiger partial charge on any atom is 0.416 e. The third kappa shape index (κ3) is 4.85. The summed E-state index contributed by atoms with van der Waals surface area (Å²) in [5.41, 5.74) is -0.167. The van der Waals surface area contributed by atoms with Crippen LogP contribution in [0.5, 0.6) is 0 Å². The zero-order valence-electron chi connectivity index (χ0n) is 13.3. The number of alkyl halides is 3. The van der Waals surface area contributed by atoms with Crippen molar-refractivity contribution in [2.45, 2.75) is 25.2 Å². The van der Waals surface area contributed by atoms with Crippen LogP contribution < -0.4 is 5.32 Å². The second-order valence-corrected chi connectivity index (χ2v) is 7.18. The molecule has 0 amide bonds. The van der Waals surface area contributed by atoms with Crippen LogP contribution in [0.15, 0.2) is 22.7 Å². The van der Waals surface area contributed by atoms with Gasteiger partial charge in [-0.15, -0.1) is 12.4 Å². The van der Waals surface area contributed by atoms with Gasteiger partial charge in [-0.1, -0.05) is 22.0 Å². The summed E-state index contributed by atoms with van der Waals surface area (Å²) < 4.78 is 40.1. The van der Waals surface area contributed by atoms with Gasteiger partial charge in [0.2, 0.25) is 0 Å². The van der Waals surface area contributed by atoms with Crippen LogP contribution in [0.4, 0.5) is 13.2 Å². The molecular weight excluding hydrogens is 407 g/mol. The highest BCUT2D eigenvalue weighted by molar-refractivity contribution is 9.10. The molecule has 0 aliphatic carbocycles. The van der Waals surface area contributed by atoms with Gasteiger partial charge in [-0.2, -0.15) is 13.2 Å². The standard InChI is InChI=1S/C16H21BrF3N3.ClH/c17-13-2-1-12(15(9-13)16(18,19)20)10-22-6-3-14(11-22)23-7-4-21-5-8-23;/h1-2,9,14,21H,3-8,10-11H2;1H. The molecule has 136 valence electrons. The van der Waals surface area contributed by atoms with Gasteiger partial charge in [-0.25, -0.2) is 0 Å². The average molecular weight is 429 g/mol. The van der Waals surface area contributed by atoms with Crippen molar-refractivity contribution in [3.63, 3.8) is 0 Å². The summed E-state index contributed by atoms with van der Waals surface area (Å²) in [6.07, 6.45) is -3.27. The molecule has 1 N–H and O–H groups in total. The molecule has 0 aromatic heterocycles. The van der Waals surface area contributed by atoms with Gasteiger partial charge in [-0.3, -0.25) is 9.80 Å². The lowest BCUT2D eigenvalue weighted by Gasteiger charge is -2.32. The van der Waals surface area contributed by atoms with E-state index in [1.54, 1.807) is 12.1 Å². The number of nitrogens with one attached hydrogen (secondary N) is 1. The summed E-state index contributed by atoms with van der Waals surface area (Å²) in [4.78, 5) is 4.61. The zero-order chi connectivity index (χ0) is 16.4. The quantitative estimate of drug-likeness (QED) is 0.796. The fourth-order valence-electron chi connectivity index (χ4n) is 3.49. The van der Waals surface area contributed by atoms with Gasteiger partial charge in [-0.05, 0) is 24.1 Å². The first-order valence-electron chi connectivity index (χ1n) is 7.96. The van der Waals surface area contributed by atoms with E-state index >= 15 is 0 Å². The summed E-state index contributed by atoms with van der Waals surface area (Å²) in [5, 5.41) is 3.33. The van der Waals surface area contributed by atoms with E-state index in [-0.39, 0.29) is 12.4 Å². The van der Waals surface area contributed by atoms with Crippen molar-refractivity contribution in [2.24, 2.45) is 0 Å². The summed E-state index contributed by atoms with van der Waals surface area (Å²) in [7, 11) is 0. The van der Waals surface area contributed by atoms with Crippen molar-refractivity contribution >= 4 is 28.3 Å². The van der Waals surface area contributed by atoms with Gasteiger partial charge in [0.05, 0.1) is 5.56 Å². The van der Waals surface area contributed by atoms with E-state index in [0.29, 0.717) is 22.6 Å². The monoisotopic (exact) mass is 427 g/mol. The molecular formula is C16H22BrClF3N3. The van der Waals surface area contributed by atoms with E-state index in [1.807, 2.05) is 0 Å². The lowest BCUT2D eigenvalue weighted by Crippen LogP contribution is -2.49. The molecule has 2 saturated heterocycles. The van der Waals surface area contributed by atoms with Crippen LogP contribution in [-0.2, 0) is 12.7 Å². The molecule has 2 heterocycles. The summed E-state index contributed by atoms with van der Waals surface area (Å²) >= 11 is 3.14. The van der Waals surface area contributed by atoms with Gasteiger partial charge < -0.3 is 5.32 Å². The topological polar surface area (TPSA) is 18.5 Å². The zero-order valence-corrected chi connectivity index (χ0v) is 15.7. The number of nitrogens with zero attached hydrogens (tertiary/aromatic N) is 2. The van der Waals surface area contributed by atoms with E-state index in [1.165, 1.54) is 6.07 Å². The maximum atomic E-state index is 13.2. The Morgan fingerprint density at radius 1 is 1.17 bits per heavy atom. The molecule has 1 atom stereocenters. The molecule has 1 aromatic rings. The smallest absolute Gasteiger partial charge is 0.314 e. The molecule has 1 unspecified atom stereocenters. The van der Waals surface area contributed by atoms with E-state index in [0.717, 1.165) is 45.7 Å². The van der Waals surface area contributed by atoms with Gasteiger partial charge in [0, 0.05) is 56.3 Å². The molecule has 0 radical (unpaired) electrons. The Morgan fingerprint density at radius 2 is 1.88 bits per heavy atom. The van der Waals surface area contributed by atoms with Crippen LogP contribution in [-0.4, -0.2) is 55.1 Å². The molecule has 8 heteroatoms. The van der Waals surface area contributed by atoms with E-state index < -0.39 is 11.7 Å². The number of hydrogen-bond donors (Lipinski definition) is 1. The minimum Gasteiger partial charge on any atom is -0.314 e. The number of likely N-dealkylation sites (tertiary alicyclic amines) is 1. The maximum absolute atomic E-state index is 13.2. The first-order valence-corrected chi connectivity index (χ1v) is 8.75. The molecule has 0 bridgehead atoms. The first kappa shape index (κ1) is 20.0. The van der Waals surface area contributed by atoms with Crippen molar-refractivity contribution < 1.29 is 13.2 Å². The third-order valence-corrected chi connectivity index (χ3v) is 5.18. The average Bonchev–Trinajstić information content (AvgIpc) is 2.97. The van der Waals surface area contributed by atoms with Gasteiger partial charge in [0.15, 0.2) is 0 Å². The summed E-state index contributed by atoms with van der Waals surface area (Å²) in [6.45, 7) is 6.15. The molecule has 24 heavy (non-hydrogen) atoms. The molecule has 0 spiro atoms. The predicted octanol–water partition coefficient (Wildman–Crippen LogP) is 3.37. The Balaban J connectivity index is 0.00000208. The normalized spacial score (nSPS) is 23.2. The van der Waals surface area contributed by atoms with Gasteiger partial charge >= 0.3 is 6.18 Å². The first-order chi connectivity index (χ1) is 10.9. The molecule has 0 saturated carbocycles. The number of benzene rings is 1. The number of rotatable bonds is 3. The second-order valence-electron chi connectivity index (χ2n) is 6.26. The molecule has 2 aliphatic heterocycles. The summed E-state index contributed by atoms with van der Waals surface area (Å²) in [6, 6.07) is 4.93. The highest BCUT2D eigenvalue weighted by atomic mass is 79.9. The SMILES string of the molecule is Cl.FC(F)(F)c1cc(Br)ccc1CN1CCC(N2CCNCC2)C1. The van der Waals surface area contributed by atoms with E-state index in [4.69, 9.17) is 0 Å². The minimum atomic E-state index is -4.31. The Labute approximate surface area is 155 Å². The predicted molar refractivity (Wildman–Crippen MR) is 94.5 cm³/mol. The Bertz CT molecular complexity index is 550. The van der Waals surface area contributed by atoms with Crippen LogP contribution in [0.3, 0.4) is 0 Å².